The van der Waals surface area contributed by atoms with E-state index in [0.29, 0.717) is 12.4 Å². The molecule has 64 heavy (non-hydrogen) atoms. The Hall–Kier alpha value is -6.22. The van der Waals surface area contributed by atoms with Crippen molar-refractivity contribution < 1.29 is 33.4 Å². The predicted octanol–water partition coefficient (Wildman–Crippen LogP) is 8.14. The van der Waals surface area contributed by atoms with Crippen molar-refractivity contribution in [1.29, 1.82) is 0 Å². The van der Waals surface area contributed by atoms with Crippen LogP contribution in [0.4, 0.5) is 9.59 Å². The van der Waals surface area contributed by atoms with Gasteiger partial charge in [0.2, 0.25) is 11.8 Å². The van der Waals surface area contributed by atoms with Gasteiger partial charge >= 0.3 is 12.2 Å². The standard InChI is InChI=1S/C49H60N8O7/c1-29(2)41(54-46(60)62-5)44(58)57-28-49(20-21-49)24-39(57)43-51-26-37(53-43)31-14-12-30(13-15-31)32-16-17-34-23-35(19-18-33(34)22-32)38-25-50-40(52-38)27-56(36-10-8-9-11-36)45(59)42(48(3,4)64-7)55-47(61)63-6/h12-19,22-23,25-26,29,36,39,41-42H,8-11,20-21,24,27-28H2,1-7H3,(H,50,52)(H,51,53)(H,54,60)(H,55,61)/t39-,41-,42+/m0/s1. The van der Waals surface area contributed by atoms with Gasteiger partial charge in [-0.2, -0.15) is 0 Å². The van der Waals surface area contributed by atoms with Crippen molar-refractivity contribution in [2.75, 3.05) is 27.9 Å². The summed E-state index contributed by atoms with van der Waals surface area (Å²) in [4.78, 5) is 72.7. The van der Waals surface area contributed by atoms with Gasteiger partial charge in [0.25, 0.3) is 0 Å². The summed E-state index contributed by atoms with van der Waals surface area (Å²) in [6, 6.07) is 19.3. The van der Waals surface area contributed by atoms with Gasteiger partial charge in [-0.1, -0.05) is 75.2 Å². The lowest BCUT2D eigenvalue weighted by molar-refractivity contribution is -0.144. The number of benzene rings is 3. The van der Waals surface area contributed by atoms with Crippen molar-refractivity contribution >= 4 is 34.8 Å². The fourth-order valence-corrected chi connectivity index (χ4v) is 9.38. The Balaban J connectivity index is 0.956. The summed E-state index contributed by atoms with van der Waals surface area (Å²) in [6.07, 6.45) is 9.16. The van der Waals surface area contributed by atoms with Gasteiger partial charge in [-0.25, -0.2) is 19.6 Å². The SMILES string of the molecule is COC(=O)N[C@H](C(=O)N1CC2(CC2)C[C@H]1c1ncc(-c2ccc(-c3ccc4cc(-c5cnc(CN(C(=O)[C@@H](NC(=O)OC)C(C)(C)OC)C6CCCC6)[nH]5)ccc4c3)cc2)[nH]1)C(C)C. The highest BCUT2D eigenvalue weighted by Crippen LogP contribution is 2.58. The third-order valence-electron chi connectivity index (χ3n) is 13.6. The molecule has 4 N–H and O–H groups in total. The van der Waals surface area contributed by atoms with Crippen LogP contribution in [-0.4, -0.2) is 105 Å². The molecule has 2 aromatic heterocycles. The first-order valence-corrected chi connectivity index (χ1v) is 22.3. The third-order valence-corrected chi connectivity index (χ3v) is 13.6. The molecule has 0 bridgehead atoms. The Kier molecular flexibility index (Phi) is 12.6. The van der Waals surface area contributed by atoms with Crippen LogP contribution in [0, 0.1) is 11.3 Å². The highest BCUT2D eigenvalue weighted by Gasteiger charge is 2.55. The number of H-pyrrole nitrogens is 2. The number of imidazole rings is 2. The van der Waals surface area contributed by atoms with Gasteiger partial charge in [0.15, 0.2) is 0 Å². The summed E-state index contributed by atoms with van der Waals surface area (Å²) in [5, 5.41) is 7.63. The topological polar surface area (TPSA) is 184 Å². The monoisotopic (exact) mass is 872 g/mol. The number of carbonyl (C=O) groups is 4. The van der Waals surface area contributed by atoms with E-state index in [1.807, 2.05) is 29.8 Å². The Morgan fingerprint density at radius 2 is 1.41 bits per heavy atom. The van der Waals surface area contributed by atoms with Gasteiger partial charge in [-0.3, -0.25) is 9.59 Å². The molecule has 15 heteroatoms. The molecule has 1 aliphatic heterocycles. The number of ether oxygens (including phenoxy) is 3. The number of aromatic nitrogens is 4. The van der Waals surface area contributed by atoms with Crippen LogP contribution in [0.2, 0.25) is 0 Å². The lowest BCUT2D eigenvalue weighted by Gasteiger charge is -2.38. The Bertz CT molecular complexity index is 2500. The molecule has 3 aromatic carbocycles. The van der Waals surface area contributed by atoms with Crippen molar-refractivity contribution in [1.82, 2.24) is 40.4 Å². The molecule has 2 saturated carbocycles. The van der Waals surface area contributed by atoms with E-state index < -0.39 is 29.9 Å². The zero-order chi connectivity index (χ0) is 45.3. The molecule has 3 heterocycles. The highest BCUT2D eigenvalue weighted by molar-refractivity contribution is 5.91. The van der Waals surface area contributed by atoms with Crippen LogP contribution in [0.1, 0.15) is 90.3 Å². The molecule has 3 atom stereocenters. The fraction of sp³-hybridized carbons (Fsp3) is 0.469. The van der Waals surface area contributed by atoms with Gasteiger partial charge in [0.05, 0.1) is 56.2 Å². The highest BCUT2D eigenvalue weighted by atomic mass is 16.5. The third kappa shape index (κ3) is 9.21. The molecule has 3 aliphatic rings. The summed E-state index contributed by atoms with van der Waals surface area (Å²) >= 11 is 0. The summed E-state index contributed by atoms with van der Waals surface area (Å²) in [5.74, 6) is 0.944. The number of rotatable bonds is 14. The lowest BCUT2D eigenvalue weighted by atomic mass is 9.96. The minimum Gasteiger partial charge on any atom is -0.453 e. The number of likely N-dealkylation sites (tertiary alicyclic amines) is 1. The van der Waals surface area contributed by atoms with E-state index in [4.69, 9.17) is 24.2 Å². The quantitative estimate of drug-likeness (QED) is 0.0856. The molecule has 1 spiro atoms. The number of alkyl carbamates (subject to hydrolysis) is 2. The van der Waals surface area contributed by atoms with Crippen molar-refractivity contribution in [2.45, 2.75) is 109 Å². The van der Waals surface area contributed by atoms with E-state index >= 15 is 0 Å². The predicted molar refractivity (Wildman–Crippen MR) is 243 cm³/mol. The molecule has 338 valence electrons. The summed E-state index contributed by atoms with van der Waals surface area (Å²) < 4.78 is 15.3. The number of amides is 4. The molecule has 8 rings (SSSR count). The molecule has 5 aromatic rings. The number of fused-ring (bicyclic) bond motifs is 1. The zero-order valence-corrected chi connectivity index (χ0v) is 37.8. The second-order valence-corrected chi connectivity index (χ2v) is 18.6. The van der Waals surface area contributed by atoms with Crippen molar-refractivity contribution in [3.05, 3.63) is 84.7 Å². The number of nitrogens with one attached hydrogen (secondary N) is 4. The average molecular weight is 873 g/mol. The van der Waals surface area contributed by atoms with Gasteiger partial charge in [0.1, 0.15) is 23.7 Å². The van der Waals surface area contributed by atoms with E-state index in [9.17, 15) is 19.2 Å². The number of carbonyl (C=O) groups excluding carboxylic acids is 4. The van der Waals surface area contributed by atoms with Crippen molar-refractivity contribution in [3.8, 4) is 33.6 Å². The summed E-state index contributed by atoms with van der Waals surface area (Å²) in [7, 11) is 4.10. The van der Waals surface area contributed by atoms with Crippen LogP contribution in [0.25, 0.3) is 44.4 Å². The molecule has 15 nitrogen and oxygen atoms in total. The molecule has 2 aliphatic carbocycles. The lowest BCUT2D eigenvalue weighted by Crippen LogP contribution is -2.60. The molecule has 3 fully saturated rings. The number of aromatic amines is 2. The summed E-state index contributed by atoms with van der Waals surface area (Å²) in [6.45, 7) is 8.31. The van der Waals surface area contributed by atoms with Crippen LogP contribution in [0.5, 0.6) is 0 Å². The second kappa shape index (κ2) is 18.1. The number of hydrogen-bond acceptors (Lipinski definition) is 9. The number of hydrogen-bond donors (Lipinski definition) is 4. The molecular formula is C49H60N8O7. The maximum atomic E-state index is 14.2. The second-order valence-electron chi connectivity index (χ2n) is 18.6. The van der Waals surface area contributed by atoms with Crippen LogP contribution in [0.3, 0.4) is 0 Å². The van der Waals surface area contributed by atoms with Gasteiger partial charge in [-0.15, -0.1) is 0 Å². The molecule has 4 amide bonds. The molecular weight excluding hydrogens is 813 g/mol. The number of nitrogens with zero attached hydrogens (tertiary/aromatic N) is 4. The Morgan fingerprint density at radius 3 is 2.05 bits per heavy atom. The van der Waals surface area contributed by atoms with E-state index in [1.54, 1.807) is 20.0 Å². The van der Waals surface area contributed by atoms with E-state index in [-0.39, 0.29) is 41.8 Å². The van der Waals surface area contributed by atoms with Crippen LogP contribution in [-0.2, 0) is 30.3 Å². The largest absolute Gasteiger partial charge is 0.453 e. The first kappa shape index (κ1) is 44.4. The first-order valence-electron chi connectivity index (χ1n) is 22.3. The zero-order valence-electron chi connectivity index (χ0n) is 37.8. The Morgan fingerprint density at radius 1 is 0.812 bits per heavy atom. The summed E-state index contributed by atoms with van der Waals surface area (Å²) in [5.41, 5.74) is 4.98. The average Bonchev–Trinajstić information content (AvgIpc) is 3.86. The van der Waals surface area contributed by atoms with Gasteiger partial charge < -0.3 is 44.6 Å². The maximum absolute atomic E-state index is 14.2. The molecule has 0 radical (unpaired) electrons. The molecule has 0 unspecified atom stereocenters. The number of methoxy groups -OCH3 is 3. The van der Waals surface area contributed by atoms with Gasteiger partial charge in [0, 0.05) is 25.3 Å². The smallest absolute Gasteiger partial charge is 0.407 e. The van der Waals surface area contributed by atoms with Gasteiger partial charge in [-0.05, 0) is 96.9 Å². The molecule has 1 saturated heterocycles. The first-order chi connectivity index (χ1) is 30.7. The Labute approximate surface area is 374 Å². The van der Waals surface area contributed by atoms with Crippen LogP contribution >= 0.6 is 0 Å². The van der Waals surface area contributed by atoms with Crippen LogP contribution in [0.15, 0.2) is 73.1 Å². The fourth-order valence-electron chi connectivity index (χ4n) is 9.38. The van der Waals surface area contributed by atoms with Crippen molar-refractivity contribution in [3.63, 3.8) is 0 Å². The van der Waals surface area contributed by atoms with Crippen molar-refractivity contribution in [2.24, 2.45) is 11.3 Å². The van der Waals surface area contributed by atoms with E-state index in [0.717, 1.165) is 95.2 Å². The van der Waals surface area contributed by atoms with Crippen LogP contribution < -0.4 is 10.6 Å². The maximum Gasteiger partial charge on any atom is 0.407 e. The van der Waals surface area contributed by atoms with E-state index in [2.05, 4.69) is 81.3 Å². The minimum absolute atomic E-state index is 0.0180. The normalized spacial score (nSPS) is 18.0. The minimum atomic E-state index is -0.982. The van der Waals surface area contributed by atoms with E-state index in [1.165, 1.54) is 21.3 Å².